The molecule has 0 unspecified atom stereocenters. The summed E-state index contributed by atoms with van der Waals surface area (Å²) < 4.78 is 11.2. The van der Waals surface area contributed by atoms with E-state index in [4.69, 9.17) is 14.6 Å². The smallest absolute Gasteiger partial charge is 0.336 e. The first kappa shape index (κ1) is 18.2. The summed E-state index contributed by atoms with van der Waals surface area (Å²) in [5.41, 5.74) is 8.51. The molecule has 3 rings (SSSR count). The fourth-order valence-electron chi connectivity index (χ4n) is 3.27. The van der Waals surface area contributed by atoms with E-state index in [0.717, 1.165) is 41.2 Å². The molecule has 0 aliphatic carbocycles. The third-order valence-corrected chi connectivity index (χ3v) is 4.67. The van der Waals surface area contributed by atoms with E-state index in [1.165, 1.54) is 6.07 Å². The maximum Gasteiger partial charge on any atom is 0.336 e. The summed E-state index contributed by atoms with van der Waals surface area (Å²) in [5, 5.41) is 4.64. The second kappa shape index (κ2) is 7.33. The molecule has 26 heavy (non-hydrogen) atoms. The lowest BCUT2D eigenvalue weighted by Crippen LogP contribution is -2.11. The molecule has 3 N–H and O–H groups in total. The number of rotatable bonds is 6. The van der Waals surface area contributed by atoms with Gasteiger partial charge >= 0.3 is 5.63 Å². The number of carbonyl (C=O) groups excluding carboxylic acids is 1. The van der Waals surface area contributed by atoms with Crippen molar-refractivity contribution in [1.29, 1.82) is 0 Å². The predicted octanol–water partition coefficient (Wildman–Crippen LogP) is 3.92. The SMILES string of the molecule is Cc1oc2c(C)c3oc(=O)cc(C)c3cc2c1NC(=O)CCCCCN. The van der Waals surface area contributed by atoms with E-state index in [1.54, 1.807) is 0 Å². The molecule has 0 atom stereocenters. The molecule has 138 valence electrons. The van der Waals surface area contributed by atoms with Crippen molar-refractivity contribution in [3.8, 4) is 0 Å². The minimum atomic E-state index is -0.383. The lowest BCUT2D eigenvalue weighted by molar-refractivity contribution is -0.116. The quantitative estimate of drug-likeness (QED) is 0.515. The average Bonchev–Trinajstić information content (AvgIpc) is 2.89. The third kappa shape index (κ3) is 3.37. The van der Waals surface area contributed by atoms with Gasteiger partial charge in [0.15, 0.2) is 0 Å². The van der Waals surface area contributed by atoms with Gasteiger partial charge in [0, 0.05) is 28.8 Å². The van der Waals surface area contributed by atoms with Crippen LogP contribution < -0.4 is 16.7 Å². The Hall–Kier alpha value is -2.60. The second-order valence-corrected chi connectivity index (χ2v) is 6.68. The lowest BCUT2D eigenvalue weighted by Gasteiger charge is -2.07. The highest BCUT2D eigenvalue weighted by Gasteiger charge is 2.19. The Bertz CT molecular complexity index is 1030. The normalized spacial score (nSPS) is 11.4. The number of carbonyl (C=O) groups is 1. The number of aryl methyl sites for hydroxylation is 3. The molecule has 1 amide bonds. The van der Waals surface area contributed by atoms with Gasteiger partial charge in [-0.3, -0.25) is 4.79 Å². The van der Waals surface area contributed by atoms with Crippen LogP contribution in [0.2, 0.25) is 0 Å². The molecule has 0 fully saturated rings. The molecule has 3 aromatic rings. The van der Waals surface area contributed by atoms with Crippen LogP contribution in [0.25, 0.3) is 21.9 Å². The van der Waals surface area contributed by atoms with Gasteiger partial charge in [-0.25, -0.2) is 4.79 Å². The van der Waals surface area contributed by atoms with Gasteiger partial charge in [0.1, 0.15) is 16.9 Å². The van der Waals surface area contributed by atoms with E-state index in [0.29, 0.717) is 35.6 Å². The Labute approximate surface area is 151 Å². The van der Waals surface area contributed by atoms with Crippen molar-refractivity contribution in [2.75, 3.05) is 11.9 Å². The van der Waals surface area contributed by atoms with Crippen LogP contribution in [0, 0.1) is 20.8 Å². The zero-order chi connectivity index (χ0) is 18.8. The van der Waals surface area contributed by atoms with E-state index in [-0.39, 0.29) is 11.5 Å². The van der Waals surface area contributed by atoms with Crippen LogP contribution >= 0.6 is 0 Å². The summed E-state index contributed by atoms with van der Waals surface area (Å²) in [6.07, 6.45) is 3.13. The van der Waals surface area contributed by atoms with E-state index >= 15 is 0 Å². The molecule has 0 saturated heterocycles. The first-order valence-electron chi connectivity index (χ1n) is 8.89. The van der Waals surface area contributed by atoms with Crippen LogP contribution in [0.15, 0.2) is 25.8 Å². The number of benzene rings is 1. The minimum absolute atomic E-state index is 0.0399. The molecular weight excluding hydrogens is 332 g/mol. The Kier molecular flexibility index (Phi) is 5.13. The van der Waals surface area contributed by atoms with Crippen LogP contribution in [0.3, 0.4) is 0 Å². The van der Waals surface area contributed by atoms with E-state index in [2.05, 4.69) is 5.32 Å². The molecule has 0 spiro atoms. The highest BCUT2D eigenvalue weighted by Crippen LogP contribution is 2.37. The third-order valence-electron chi connectivity index (χ3n) is 4.67. The number of fused-ring (bicyclic) bond motifs is 2. The molecule has 6 nitrogen and oxygen atoms in total. The Balaban J connectivity index is 2.00. The summed E-state index contributed by atoms with van der Waals surface area (Å²) in [6, 6.07) is 3.38. The molecule has 0 saturated carbocycles. The molecule has 1 aromatic carbocycles. The number of anilines is 1. The summed E-state index contributed by atoms with van der Waals surface area (Å²) in [7, 11) is 0. The van der Waals surface area contributed by atoms with E-state index in [1.807, 2.05) is 26.8 Å². The molecule has 6 heteroatoms. The van der Waals surface area contributed by atoms with Crippen LogP contribution in [0.5, 0.6) is 0 Å². The Morgan fingerprint density at radius 3 is 2.50 bits per heavy atom. The minimum Gasteiger partial charge on any atom is -0.459 e. The number of hydrogen-bond acceptors (Lipinski definition) is 5. The van der Waals surface area contributed by atoms with Crippen LogP contribution in [0.4, 0.5) is 5.69 Å². The van der Waals surface area contributed by atoms with Crippen molar-refractivity contribution in [3.63, 3.8) is 0 Å². The first-order valence-corrected chi connectivity index (χ1v) is 8.89. The molecule has 0 bridgehead atoms. The van der Waals surface area contributed by atoms with Gasteiger partial charge in [-0.2, -0.15) is 0 Å². The van der Waals surface area contributed by atoms with Crippen LogP contribution in [-0.2, 0) is 4.79 Å². The number of unbranched alkanes of at least 4 members (excludes halogenated alkanes) is 2. The van der Waals surface area contributed by atoms with Crippen molar-refractivity contribution >= 4 is 33.5 Å². The van der Waals surface area contributed by atoms with Crippen LogP contribution in [-0.4, -0.2) is 12.5 Å². The van der Waals surface area contributed by atoms with Gasteiger partial charge in [-0.1, -0.05) is 6.42 Å². The van der Waals surface area contributed by atoms with E-state index in [9.17, 15) is 9.59 Å². The number of nitrogens with two attached hydrogens (primary N) is 1. The van der Waals surface area contributed by atoms with Crippen molar-refractivity contribution in [1.82, 2.24) is 0 Å². The van der Waals surface area contributed by atoms with Gasteiger partial charge in [0.25, 0.3) is 0 Å². The summed E-state index contributed by atoms with van der Waals surface area (Å²) in [5.74, 6) is 0.593. The Morgan fingerprint density at radius 1 is 1.04 bits per heavy atom. The fraction of sp³-hybridized carbons (Fsp3) is 0.400. The first-order chi connectivity index (χ1) is 12.4. The van der Waals surface area contributed by atoms with E-state index < -0.39 is 0 Å². The maximum absolute atomic E-state index is 12.3. The monoisotopic (exact) mass is 356 g/mol. The number of furan rings is 1. The average molecular weight is 356 g/mol. The number of hydrogen-bond donors (Lipinski definition) is 2. The van der Waals surface area contributed by atoms with Gasteiger partial charge in [-0.15, -0.1) is 0 Å². The van der Waals surface area contributed by atoms with Gasteiger partial charge in [0.2, 0.25) is 5.91 Å². The highest BCUT2D eigenvalue weighted by molar-refractivity contribution is 6.08. The number of nitrogens with one attached hydrogen (secondary N) is 1. The zero-order valence-electron chi connectivity index (χ0n) is 15.4. The van der Waals surface area contributed by atoms with Crippen molar-refractivity contribution in [2.45, 2.75) is 46.5 Å². The molecular formula is C20H24N2O4. The van der Waals surface area contributed by atoms with Crippen LogP contribution in [0.1, 0.15) is 42.6 Å². The molecule has 0 aliphatic rings. The van der Waals surface area contributed by atoms with Gasteiger partial charge < -0.3 is 19.9 Å². The number of amides is 1. The molecule has 0 radical (unpaired) electrons. The van der Waals surface area contributed by atoms with Crippen molar-refractivity contribution in [2.24, 2.45) is 5.73 Å². The fourth-order valence-corrected chi connectivity index (χ4v) is 3.27. The predicted molar refractivity (Wildman–Crippen MR) is 103 cm³/mol. The summed E-state index contributed by atoms with van der Waals surface area (Å²) in [6.45, 7) is 6.19. The molecule has 0 aliphatic heterocycles. The summed E-state index contributed by atoms with van der Waals surface area (Å²) >= 11 is 0. The second-order valence-electron chi connectivity index (χ2n) is 6.68. The standard InChI is InChI=1S/C20H24N2O4/c1-11-9-17(24)26-19-12(2)20-15(10-14(11)19)18(13(3)25-20)22-16(23)7-5-4-6-8-21/h9-10H,4-8,21H2,1-3H3,(H,22,23). The van der Waals surface area contributed by atoms with Crippen molar-refractivity contribution in [3.05, 3.63) is 39.4 Å². The largest absolute Gasteiger partial charge is 0.459 e. The molecule has 2 aromatic heterocycles. The topological polar surface area (TPSA) is 98.5 Å². The highest BCUT2D eigenvalue weighted by atomic mass is 16.4. The zero-order valence-corrected chi connectivity index (χ0v) is 15.4. The summed E-state index contributed by atoms with van der Waals surface area (Å²) in [4.78, 5) is 24.0. The molecule has 2 heterocycles. The van der Waals surface area contributed by atoms with Crippen molar-refractivity contribution < 1.29 is 13.6 Å². The Morgan fingerprint density at radius 2 is 1.77 bits per heavy atom. The van der Waals surface area contributed by atoms with Gasteiger partial charge in [0.05, 0.1) is 5.69 Å². The maximum atomic E-state index is 12.3. The van der Waals surface area contributed by atoms with Gasteiger partial charge in [-0.05, 0) is 51.8 Å². The lowest BCUT2D eigenvalue weighted by atomic mass is 10.0.